The molecule has 0 aromatic rings. The van der Waals surface area contributed by atoms with E-state index in [1.54, 1.807) is 0 Å². The second-order valence-corrected chi connectivity index (χ2v) is 2.88. The Labute approximate surface area is 67.3 Å². The minimum absolute atomic E-state index is 0.0968. The average Bonchev–Trinajstić information content (AvgIpc) is 2.46. The van der Waals surface area contributed by atoms with Crippen molar-refractivity contribution in [1.82, 2.24) is 0 Å². The molecule has 12 heavy (non-hydrogen) atoms. The van der Waals surface area contributed by atoms with Crippen LogP contribution in [0.15, 0.2) is 0 Å². The van der Waals surface area contributed by atoms with Crippen LogP contribution in [0.5, 0.6) is 0 Å². The Hall–Kier alpha value is -0.530. The highest BCUT2D eigenvalue weighted by molar-refractivity contribution is 5.88. The molecule has 2 fully saturated rings. The normalized spacial score (nSPS) is 44.9. The van der Waals surface area contributed by atoms with Crippen molar-refractivity contribution in [3.8, 4) is 0 Å². The van der Waals surface area contributed by atoms with Crippen molar-refractivity contribution in [2.45, 2.75) is 24.3 Å². The summed E-state index contributed by atoms with van der Waals surface area (Å²) in [4.78, 5) is 11.0. The number of ketones is 1. The zero-order valence-electron chi connectivity index (χ0n) is 6.01. The molecule has 2 rings (SSSR count). The molecule has 2 aliphatic rings. The molecule has 0 amide bonds. The second-order valence-electron chi connectivity index (χ2n) is 2.88. The average molecular weight is 176 g/mol. The van der Waals surface area contributed by atoms with E-state index in [0.717, 1.165) is 0 Å². The van der Waals surface area contributed by atoms with Crippen molar-refractivity contribution in [3.63, 3.8) is 0 Å². The number of rotatable bonds is 0. The van der Waals surface area contributed by atoms with E-state index in [9.17, 15) is 15.0 Å². The molecule has 1 unspecified atom stereocenters. The molecule has 0 spiro atoms. The van der Waals surface area contributed by atoms with Gasteiger partial charge >= 0.3 is 0 Å². The van der Waals surface area contributed by atoms with Gasteiger partial charge in [-0.1, -0.05) is 0 Å². The maximum absolute atomic E-state index is 11.0. The third-order valence-corrected chi connectivity index (χ3v) is 2.06. The van der Waals surface area contributed by atoms with Crippen LogP contribution in [0.2, 0.25) is 0 Å². The minimum Gasteiger partial charge on any atom is -0.380 e. The molecule has 6 nitrogen and oxygen atoms in total. The summed E-state index contributed by atoms with van der Waals surface area (Å²) in [6.07, 6.45) is -4.03. The lowest BCUT2D eigenvalue weighted by Crippen LogP contribution is -2.61. The zero-order chi connectivity index (χ0) is 8.93. The highest BCUT2D eigenvalue weighted by atomic mass is 16.7. The Balaban J connectivity index is 2.32. The van der Waals surface area contributed by atoms with Gasteiger partial charge in [-0.05, 0) is 0 Å². The van der Waals surface area contributed by atoms with Gasteiger partial charge in [0.1, 0.15) is 6.10 Å². The van der Waals surface area contributed by atoms with E-state index in [1.165, 1.54) is 0 Å². The Morgan fingerprint density at radius 1 is 1.50 bits per heavy atom. The quantitative estimate of drug-likeness (QED) is 0.349. The van der Waals surface area contributed by atoms with E-state index in [-0.39, 0.29) is 6.61 Å². The summed E-state index contributed by atoms with van der Waals surface area (Å²) in [6.45, 7) is -0.0968. The summed E-state index contributed by atoms with van der Waals surface area (Å²) in [5, 5.41) is 27.4. The van der Waals surface area contributed by atoms with Gasteiger partial charge in [0.2, 0.25) is 17.9 Å². The van der Waals surface area contributed by atoms with Gasteiger partial charge in [-0.3, -0.25) is 4.79 Å². The highest BCUT2D eigenvalue weighted by Gasteiger charge is 2.58. The van der Waals surface area contributed by atoms with Gasteiger partial charge in [-0.2, -0.15) is 0 Å². The molecule has 2 heterocycles. The van der Waals surface area contributed by atoms with E-state index in [4.69, 9.17) is 14.6 Å². The first-order valence-electron chi connectivity index (χ1n) is 3.47. The van der Waals surface area contributed by atoms with Crippen molar-refractivity contribution in [1.29, 1.82) is 0 Å². The summed E-state index contributed by atoms with van der Waals surface area (Å²) in [5.74, 6) is -3.38. The lowest BCUT2D eigenvalue weighted by Gasteiger charge is -2.34. The summed E-state index contributed by atoms with van der Waals surface area (Å²) in [5.41, 5.74) is 0. The van der Waals surface area contributed by atoms with Gasteiger partial charge in [0, 0.05) is 0 Å². The number of ether oxygens (including phenoxy) is 2. The van der Waals surface area contributed by atoms with E-state index >= 15 is 0 Å². The topological polar surface area (TPSA) is 96.2 Å². The number of Topliss-reactive ketones (excluding diaryl/α,β-unsaturated/α-hetero) is 1. The van der Waals surface area contributed by atoms with Crippen molar-refractivity contribution in [3.05, 3.63) is 0 Å². The molecule has 3 atom stereocenters. The fraction of sp³-hybridized carbons (Fsp3) is 0.833. The van der Waals surface area contributed by atoms with Crippen LogP contribution >= 0.6 is 0 Å². The molecule has 3 N–H and O–H groups in total. The smallest absolute Gasteiger partial charge is 0.226 e. The Bertz CT molecular complexity index is 224. The van der Waals surface area contributed by atoms with Gasteiger partial charge in [0.15, 0.2) is 6.10 Å². The molecular weight excluding hydrogens is 168 g/mol. The number of carbonyl (C=O) groups excluding carboxylic acids is 1. The SMILES string of the molecule is O=C1C2OC[C@@H](O2)C(O)(O)[C@H]1O. The molecule has 6 heteroatoms. The second kappa shape index (κ2) is 2.24. The van der Waals surface area contributed by atoms with E-state index in [0.29, 0.717) is 0 Å². The van der Waals surface area contributed by atoms with Crippen LogP contribution in [0.25, 0.3) is 0 Å². The molecule has 0 aromatic heterocycles. The molecule has 2 saturated heterocycles. The first-order valence-corrected chi connectivity index (χ1v) is 3.47. The van der Waals surface area contributed by atoms with Gasteiger partial charge in [0.05, 0.1) is 6.61 Å². The first-order chi connectivity index (χ1) is 5.53. The number of hydrogen-bond donors (Lipinski definition) is 3. The van der Waals surface area contributed by atoms with Crippen molar-refractivity contribution in [2.24, 2.45) is 0 Å². The van der Waals surface area contributed by atoms with Gasteiger partial charge in [-0.15, -0.1) is 0 Å². The minimum atomic E-state index is -2.52. The van der Waals surface area contributed by atoms with Crippen LogP contribution in [-0.2, 0) is 14.3 Å². The summed E-state index contributed by atoms with van der Waals surface area (Å²) >= 11 is 0. The van der Waals surface area contributed by atoms with Crippen molar-refractivity contribution >= 4 is 5.78 Å². The Morgan fingerprint density at radius 2 is 2.17 bits per heavy atom. The van der Waals surface area contributed by atoms with E-state index in [1.807, 2.05) is 0 Å². The molecule has 0 aliphatic carbocycles. The number of fused-ring (bicyclic) bond motifs is 2. The van der Waals surface area contributed by atoms with Crippen LogP contribution in [0.3, 0.4) is 0 Å². The molecule has 2 aliphatic heterocycles. The van der Waals surface area contributed by atoms with Gasteiger partial charge in [0.25, 0.3) is 0 Å². The predicted molar refractivity (Wildman–Crippen MR) is 32.8 cm³/mol. The largest absolute Gasteiger partial charge is 0.380 e. The van der Waals surface area contributed by atoms with Crippen LogP contribution in [0.1, 0.15) is 0 Å². The first kappa shape index (κ1) is 8.09. The molecule has 2 bridgehead atoms. The number of carbonyl (C=O) groups is 1. The Morgan fingerprint density at radius 3 is 2.83 bits per heavy atom. The Kier molecular flexibility index (Phi) is 1.51. The lowest BCUT2D eigenvalue weighted by atomic mass is 9.98. The van der Waals surface area contributed by atoms with Gasteiger partial charge < -0.3 is 24.8 Å². The molecule has 0 radical (unpaired) electrons. The number of aliphatic hydroxyl groups is 3. The maximum atomic E-state index is 11.0. The molecule has 68 valence electrons. The number of hydrogen-bond acceptors (Lipinski definition) is 6. The van der Waals surface area contributed by atoms with Crippen LogP contribution < -0.4 is 0 Å². The monoisotopic (exact) mass is 176 g/mol. The summed E-state index contributed by atoms with van der Waals surface area (Å²) < 4.78 is 9.51. The molecular formula is C6H8O6. The zero-order valence-corrected chi connectivity index (χ0v) is 6.01. The predicted octanol–water partition coefficient (Wildman–Crippen LogP) is -2.65. The van der Waals surface area contributed by atoms with Crippen molar-refractivity contribution in [2.75, 3.05) is 6.61 Å². The van der Waals surface area contributed by atoms with E-state index in [2.05, 4.69) is 0 Å². The third-order valence-electron chi connectivity index (χ3n) is 2.06. The summed E-state index contributed by atoms with van der Waals surface area (Å²) in [6, 6.07) is 0. The van der Waals surface area contributed by atoms with Crippen LogP contribution in [0.4, 0.5) is 0 Å². The third kappa shape index (κ3) is 0.838. The van der Waals surface area contributed by atoms with Crippen LogP contribution in [-0.4, -0.2) is 52.0 Å². The molecule has 0 saturated carbocycles. The fourth-order valence-corrected chi connectivity index (χ4v) is 1.29. The van der Waals surface area contributed by atoms with Gasteiger partial charge in [-0.25, -0.2) is 0 Å². The lowest BCUT2D eigenvalue weighted by molar-refractivity contribution is -0.290. The maximum Gasteiger partial charge on any atom is 0.226 e. The summed E-state index contributed by atoms with van der Waals surface area (Å²) in [7, 11) is 0. The highest BCUT2D eigenvalue weighted by Crippen LogP contribution is 2.30. The fourth-order valence-electron chi connectivity index (χ4n) is 1.29. The number of aliphatic hydroxyl groups excluding tert-OH is 1. The standard InChI is InChI=1S/C6H8O6/c7-3-4(8)6(9,10)2-1-11-5(3)12-2/h2,4-5,8-10H,1H2/t2-,4+,5?/m1/s1. The van der Waals surface area contributed by atoms with Crippen LogP contribution in [0, 0.1) is 0 Å². The van der Waals surface area contributed by atoms with E-state index < -0.39 is 30.1 Å². The van der Waals surface area contributed by atoms with Crippen molar-refractivity contribution < 1.29 is 29.6 Å². The molecule has 0 aromatic carbocycles.